The fourth-order valence-corrected chi connectivity index (χ4v) is 6.96. The number of carbonyl (C=O) groups is 1. The molecule has 5 aromatic rings. The number of anilines is 2. The SMILES string of the molecule is Cc1ccc(S(=O)(=O)N(CC(=O)Nc2ccc(-c3nc4ccc(C)cc4s3)cc2)c2ccc(C)cc2C)cc1. The normalized spacial score (nSPS) is 11.5. The van der Waals surface area contributed by atoms with Gasteiger partial charge in [0.05, 0.1) is 20.8 Å². The predicted octanol–water partition coefficient (Wildman–Crippen LogP) is 7.03. The van der Waals surface area contributed by atoms with E-state index in [0.717, 1.165) is 37.5 Å². The van der Waals surface area contributed by atoms with Crippen molar-refractivity contribution in [2.45, 2.75) is 32.6 Å². The number of aryl methyl sites for hydroxylation is 4. The van der Waals surface area contributed by atoms with E-state index < -0.39 is 15.9 Å². The van der Waals surface area contributed by atoms with Crippen LogP contribution in [0.15, 0.2) is 89.8 Å². The minimum Gasteiger partial charge on any atom is -0.325 e. The van der Waals surface area contributed by atoms with Crippen molar-refractivity contribution < 1.29 is 13.2 Å². The first kappa shape index (κ1) is 26.6. The number of carbonyl (C=O) groups excluding carboxylic acids is 1. The Morgan fingerprint density at radius 2 is 1.46 bits per heavy atom. The second kappa shape index (κ2) is 10.6. The topological polar surface area (TPSA) is 79.4 Å². The average molecular weight is 556 g/mol. The molecule has 5 rings (SSSR count). The van der Waals surface area contributed by atoms with Crippen molar-refractivity contribution in [3.63, 3.8) is 0 Å². The Balaban J connectivity index is 1.39. The van der Waals surface area contributed by atoms with Crippen LogP contribution >= 0.6 is 11.3 Å². The summed E-state index contributed by atoms with van der Waals surface area (Å²) >= 11 is 1.62. The molecule has 4 aromatic carbocycles. The standard InChI is InChI=1S/C31H29N3O3S2/c1-20-5-13-26(14-6-20)39(36,37)34(28-16-8-21(2)17-23(28)4)19-30(35)32-25-11-9-24(10-12-25)31-33-27-15-7-22(3)18-29(27)38-31/h5-18H,19H2,1-4H3,(H,32,35). The summed E-state index contributed by atoms with van der Waals surface area (Å²) in [6, 6.07) is 25.8. The first-order valence-electron chi connectivity index (χ1n) is 12.5. The fourth-order valence-electron chi connectivity index (χ4n) is 4.40. The van der Waals surface area contributed by atoms with Crippen LogP contribution in [0.5, 0.6) is 0 Å². The van der Waals surface area contributed by atoms with Crippen LogP contribution < -0.4 is 9.62 Å². The van der Waals surface area contributed by atoms with Crippen LogP contribution in [0.25, 0.3) is 20.8 Å². The van der Waals surface area contributed by atoms with E-state index in [1.807, 2.05) is 57.2 Å². The summed E-state index contributed by atoms with van der Waals surface area (Å²) in [4.78, 5) is 18.0. The summed E-state index contributed by atoms with van der Waals surface area (Å²) in [5.41, 5.74) is 6.88. The molecule has 0 aliphatic rings. The molecule has 0 saturated carbocycles. The average Bonchev–Trinajstić information content (AvgIpc) is 3.31. The second-order valence-corrected chi connectivity index (χ2v) is 12.6. The van der Waals surface area contributed by atoms with Crippen molar-refractivity contribution >= 4 is 48.9 Å². The predicted molar refractivity (Wildman–Crippen MR) is 160 cm³/mol. The van der Waals surface area contributed by atoms with Crippen LogP contribution in [0, 0.1) is 27.7 Å². The molecule has 1 aromatic heterocycles. The number of nitrogens with one attached hydrogen (secondary N) is 1. The zero-order chi connectivity index (χ0) is 27.7. The summed E-state index contributed by atoms with van der Waals surface area (Å²) < 4.78 is 29.7. The number of aromatic nitrogens is 1. The molecule has 6 nitrogen and oxygen atoms in total. The van der Waals surface area contributed by atoms with Crippen molar-refractivity contribution in [2.24, 2.45) is 0 Å². The number of nitrogens with zero attached hydrogens (tertiary/aromatic N) is 2. The Morgan fingerprint density at radius 1 is 0.821 bits per heavy atom. The maximum absolute atomic E-state index is 13.7. The lowest BCUT2D eigenvalue weighted by Gasteiger charge is -2.26. The zero-order valence-corrected chi connectivity index (χ0v) is 23.9. The van der Waals surface area contributed by atoms with Gasteiger partial charge in [0.1, 0.15) is 11.6 Å². The molecule has 1 amide bonds. The maximum Gasteiger partial charge on any atom is 0.264 e. The van der Waals surface area contributed by atoms with E-state index in [2.05, 4.69) is 18.3 Å². The Hall–Kier alpha value is -4.01. The highest BCUT2D eigenvalue weighted by Crippen LogP contribution is 2.32. The Labute approximate surface area is 233 Å². The number of hydrogen-bond donors (Lipinski definition) is 1. The van der Waals surface area contributed by atoms with E-state index in [9.17, 15) is 13.2 Å². The third-order valence-electron chi connectivity index (χ3n) is 6.48. The van der Waals surface area contributed by atoms with Crippen molar-refractivity contribution in [2.75, 3.05) is 16.2 Å². The lowest BCUT2D eigenvalue weighted by molar-refractivity contribution is -0.114. The van der Waals surface area contributed by atoms with Gasteiger partial charge < -0.3 is 5.32 Å². The molecule has 198 valence electrons. The van der Waals surface area contributed by atoms with E-state index >= 15 is 0 Å². The maximum atomic E-state index is 13.7. The van der Waals surface area contributed by atoms with Gasteiger partial charge in [-0.25, -0.2) is 13.4 Å². The highest BCUT2D eigenvalue weighted by molar-refractivity contribution is 7.92. The number of benzene rings is 4. The van der Waals surface area contributed by atoms with Gasteiger partial charge >= 0.3 is 0 Å². The van der Waals surface area contributed by atoms with Gasteiger partial charge in [-0.2, -0.15) is 0 Å². The molecule has 39 heavy (non-hydrogen) atoms. The molecule has 0 bridgehead atoms. The summed E-state index contributed by atoms with van der Waals surface area (Å²) in [6.45, 7) is 7.39. The van der Waals surface area contributed by atoms with Gasteiger partial charge in [-0.1, -0.05) is 41.5 Å². The molecular formula is C31H29N3O3S2. The number of thiazole rings is 1. The van der Waals surface area contributed by atoms with Gasteiger partial charge in [-0.15, -0.1) is 11.3 Å². The van der Waals surface area contributed by atoms with Crippen LogP contribution in [0.4, 0.5) is 11.4 Å². The highest BCUT2D eigenvalue weighted by atomic mass is 32.2. The van der Waals surface area contributed by atoms with Crippen molar-refractivity contribution in [1.82, 2.24) is 4.98 Å². The lowest BCUT2D eigenvalue weighted by atomic mass is 10.1. The molecule has 0 saturated heterocycles. The number of sulfonamides is 1. The molecule has 1 heterocycles. The van der Waals surface area contributed by atoms with E-state index in [0.29, 0.717) is 11.4 Å². The Bertz CT molecular complexity index is 1770. The van der Waals surface area contributed by atoms with Crippen LogP contribution in [0.2, 0.25) is 0 Å². The molecule has 0 aliphatic heterocycles. The van der Waals surface area contributed by atoms with Crippen LogP contribution in [-0.2, 0) is 14.8 Å². The monoisotopic (exact) mass is 555 g/mol. The van der Waals surface area contributed by atoms with Crippen LogP contribution in [0.1, 0.15) is 22.3 Å². The third kappa shape index (κ3) is 5.72. The van der Waals surface area contributed by atoms with Crippen molar-refractivity contribution in [3.8, 4) is 10.6 Å². The summed E-state index contributed by atoms with van der Waals surface area (Å²) in [6.07, 6.45) is 0. The molecule has 0 unspecified atom stereocenters. The fraction of sp³-hybridized carbons (Fsp3) is 0.161. The third-order valence-corrected chi connectivity index (χ3v) is 9.32. The van der Waals surface area contributed by atoms with Crippen LogP contribution in [0.3, 0.4) is 0 Å². The Kier molecular flexibility index (Phi) is 7.25. The first-order valence-corrected chi connectivity index (χ1v) is 14.8. The minimum absolute atomic E-state index is 0.135. The number of rotatable bonds is 7. The molecule has 1 N–H and O–H groups in total. The van der Waals surface area contributed by atoms with E-state index in [-0.39, 0.29) is 11.4 Å². The van der Waals surface area contributed by atoms with E-state index in [4.69, 9.17) is 4.98 Å². The van der Waals surface area contributed by atoms with Crippen molar-refractivity contribution in [1.29, 1.82) is 0 Å². The van der Waals surface area contributed by atoms with Crippen molar-refractivity contribution in [3.05, 3.63) is 107 Å². The molecular weight excluding hydrogens is 526 g/mol. The summed E-state index contributed by atoms with van der Waals surface area (Å²) in [5.74, 6) is -0.436. The molecule has 0 atom stereocenters. The van der Waals surface area contributed by atoms with E-state index in [1.54, 1.807) is 53.8 Å². The van der Waals surface area contributed by atoms with Gasteiger partial charge in [-0.05, 0) is 93.4 Å². The van der Waals surface area contributed by atoms with E-state index in [1.165, 1.54) is 9.87 Å². The molecule has 8 heteroatoms. The Morgan fingerprint density at radius 3 is 2.15 bits per heavy atom. The van der Waals surface area contributed by atoms with Gasteiger partial charge in [0.15, 0.2) is 0 Å². The first-order chi connectivity index (χ1) is 18.6. The van der Waals surface area contributed by atoms with Gasteiger partial charge in [-0.3, -0.25) is 9.10 Å². The van der Waals surface area contributed by atoms with Gasteiger partial charge in [0.25, 0.3) is 10.0 Å². The summed E-state index contributed by atoms with van der Waals surface area (Å²) in [7, 11) is -3.99. The molecule has 0 fully saturated rings. The number of amides is 1. The second-order valence-electron chi connectivity index (χ2n) is 9.73. The minimum atomic E-state index is -3.99. The molecule has 0 spiro atoms. The molecule has 0 aliphatic carbocycles. The van der Waals surface area contributed by atoms with Gasteiger partial charge in [0.2, 0.25) is 5.91 Å². The lowest BCUT2D eigenvalue weighted by Crippen LogP contribution is -2.38. The number of fused-ring (bicyclic) bond motifs is 1. The summed E-state index contributed by atoms with van der Waals surface area (Å²) in [5, 5.41) is 3.76. The number of hydrogen-bond acceptors (Lipinski definition) is 5. The smallest absolute Gasteiger partial charge is 0.264 e. The largest absolute Gasteiger partial charge is 0.325 e. The molecule has 0 radical (unpaired) electrons. The van der Waals surface area contributed by atoms with Crippen LogP contribution in [-0.4, -0.2) is 25.9 Å². The highest BCUT2D eigenvalue weighted by Gasteiger charge is 2.28. The zero-order valence-electron chi connectivity index (χ0n) is 22.2. The quantitative estimate of drug-likeness (QED) is 0.234. The van der Waals surface area contributed by atoms with Gasteiger partial charge in [0, 0.05) is 11.3 Å².